The number of benzene rings is 1. The van der Waals surface area contributed by atoms with Crippen molar-refractivity contribution in [2.45, 2.75) is 19.4 Å². The number of aliphatic hydroxyl groups excluding tert-OH is 1. The molecule has 0 aliphatic rings. The van der Waals surface area contributed by atoms with Gasteiger partial charge in [-0.1, -0.05) is 18.2 Å². The van der Waals surface area contributed by atoms with Crippen LogP contribution in [0.5, 0.6) is 0 Å². The highest BCUT2D eigenvalue weighted by molar-refractivity contribution is 5.42. The van der Waals surface area contributed by atoms with E-state index in [2.05, 4.69) is 5.10 Å². The number of hydrogen-bond donors (Lipinski definition) is 2. The molecule has 0 saturated heterocycles. The first kappa shape index (κ1) is 10.7. The summed E-state index contributed by atoms with van der Waals surface area (Å²) < 4.78 is 1.68. The Morgan fingerprint density at radius 3 is 2.69 bits per heavy atom. The van der Waals surface area contributed by atoms with Crippen molar-refractivity contribution in [1.82, 2.24) is 9.78 Å². The molecule has 1 unspecified atom stereocenters. The molecule has 16 heavy (non-hydrogen) atoms. The second-order valence-electron chi connectivity index (χ2n) is 3.86. The van der Waals surface area contributed by atoms with Crippen molar-refractivity contribution in [3.05, 3.63) is 42.1 Å². The Morgan fingerprint density at radius 1 is 1.38 bits per heavy atom. The van der Waals surface area contributed by atoms with E-state index in [0.717, 1.165) is 11.4 Å². The van der Waals surface area contributed by atoms with E-state index in [1.165, 1.54) is 0 Å². The predicted molar refractivity (Wildman–Crippen MR) is 63.4 cm³/mol. The lowest BCUT2D eigenvalue weighted by atomic mass is 10.2. The number of aromatic nitrogens is 2. The SMILES string of the molecule is CC(O)Cc1cc(N)n(-c2ccccc2)n1. The Bertz CT molecular complexity index is 462. The summed E-state index contributed by atoms with van der Waals surface area (Å²) in [5, 5.41) is 13.6. The van der Waals surface area contributed by atoms with Crippen molar-refractivity contribution in [3.63, 3.8) is 0 Å². The topological polar surface area (TPSA) is 64.1 Å². The average molecular weight is 217 g/mol. The van der Waals surface area contributed by atoms with Crippen LogP contribution in [0.3, 0.4) is 0 Å². The fraction of sp³-hybridized carbons (Fsp3) is 0.250. The summed E-state index contributed by atoms with van der Waals surface area (Å²) in [6.07, 6.45) is 0.114. The van der Waals surface area contributed by atoms with Gasteiger partial charge in [-0.15, -0.1) is 0 Å². The van der Waals surface area contributed by atoms with Crippen LogP contribution in [0.15, 0.2) is 36.4 Å². The minimum atomic E-state index is -0.404. The molecule has 1 aromatic heterocycles. The van der Waals surface area contributed by atoms with Gasteiger partial charge >= 0.3 is 0 Å². The summed E-state index contributed by atoms with van der Waals surface area (Å²) >= 11 is 0. The molecule has 0 bridgehead atoms. The van der Waals surface area contributed by atoms with E-state index in [1.54, 1.807) is 17.7 Å². The summed E-state index contributed by atoms with van der Waals surface area (Å²) in [5.74, 6) is 0.585. The fourth-order valence-corrected chi connectivity index (χ4v) is 1.63. The van der Waals surface area contributed by atoms with Crippen molar-refractivity contribution in [2.24, 2.45) is 0 Å². The van der Waals surface area contributed by atoms with Gasteiger partial charge in [-0.05, 0) is 19.1 Å². The summed E-state index contributed by atoms with van der Waals surface area (Å²) in [6, 6.07) is 11.5. The molecule has 0 saturated carbocycles. The van der Waals surface area contributed by atoms with Gasteiger partial charge in [0, 0.05) is 12.5 Å². The number of nitrogens with zero attached hydrogens (tertiary/aromatic N) is 2. The quantitative estimate of drug-likeness (QED) is 0.816. The zero-order valence-corrected chi connectivity index (χ0v) is 9.17. The summed E-state index contributed by atoms with van der Waals surface area (Å²) in [5.41, 5.74) is 7.60. The van der Waals surface area contributed by atoms with Gasteiger partial charge in [0.15, 0.2) is 0 Å². The van der Waals surface area contributed by atoms with Crippen LogP contribution in [0, 0.1) is 0 Å². The van der Waals surface area contributed by atoms with Crippen LogP contribution in [0.2, 0.25) is 0 Å². The number of para-hydroxylation sites is 1. The highest BCUT2D eigenvalue weighted by Gasteiger charge is 2.08. The van der Waals surface area contributed by atoms with E-state index in [4.69, 9.17) is 5.73 Å². The monoisotopic (exact) mass is 217 g/mol. The maximum absolute atomic E-state index is 9.29. The van der Waals surface area contributed by atoms with E-state index >= 15 is 0 Å². The number of nitrogens with two attached hydrogens (primary N) is 1. The molecule has 0 aliphatic heterocycles. The summed E-state index contributed by atoms with van der Waals surface area (Å²) in [6.45, 7) is 1.73. The first-order valence-corrected chi connectivity index (χ1v) is 5.24. The third kappa shape index (κ3) is 2.23. The molecule has 4 nitrogen and oxygen atoms in total. The molecule has 1 heterocycles. The molecule has 3 N–H and O–H groups in total. The van der Waals surface area contributed by atoms with Gasteiger partial charge in [0.05, 0.1) is 17.5 Å². The minimum Gasteiger partial charge on any atom is -0.393 e. The molecular formula is C12H15N3O. The Morgan fingerprint density at radius 2 is 2.06 bits per heavy atom. The first-order chi connectivity index (χ1) is 7.66. The average Bonchev–Trinajstić information content (AvgIpc) is 2.60. The third-order valence-corrected chi connectivity index (χ3v) is 2.29. The standard InChI is InChI=1S/C12H15N3O/c1-9(16)7-10-8-12(13)15(14-10)11-5-3-2-4-6-11/h2-6,8-9,16H,7,13H2,1H3. The second kappa shape index (κ2) is 4.37. The van der Waals surface area contributed by atoms with Crippen LogP contribution in [-0.2, 0) is 6.42 Å². The molecule has 84 valence electrons. The van der Waals surface area contributed by atoms with Crippen molar-refractivity contribution >= 4 is 5.82 Å². The molecular weight excluding hydrogens is 202 g/mol. The normalized spacial score (nSPS) is 12.6. The van der Waals surface area contributed by atoms with Crippen LogP contribution in [0.1, 0.15) is 12.6 Å². The van der Waals surface area contributed by atoms with Crippen LogP contribution < -0.4 is 5.73 Å². The molecule has 2 aromatic rings. The zero-order valence-electron chi connectivity index (χ0n) is 9.17. The van der Waals surface area contributed by atoms with Gasteiger partial charge in [0.25, 0.3) is 0 Å². The van der Waals surface area contributed by atoms with E-state index in [0.29, 0.717) is 12.2 Å². The van der Waals surface area contributed by atoms with Gasteiger partial charge in [-0.25, -0.2) is 4.68 Å². The van der Waals surface area contributed by atoms with Gasteiger partial charge in [-0.2, -0.15) is 5.10 Å². The lowest BCUT2D eigenvalue weighted by Gasteiger charge is -2.03. The Labute approximate surface area is 94.3 Å². The largest absolute Gasteiger partial charge is 0.393 e. The van der Waals surface area contributed by atoms with Crippen molar-refractivity contribution < 1.29 is 5.11 Å². The third-order valence-electron chi connectivity index (χ3n) is 2.29. The Balaban J connectivity index is 2.32. The maximum Gasteiger partial charge on any atom is 0.127 e. The second-order valence-corrected chi connectivity index (χ2v) is 3.86. The highest BCUT2D eigenvalue weighted by Crippen LogP contribution is 2.14. The van der Waals surface area contributed by atoms with Crippen molar-refractivity contribution in [1.29, 1.82) is 0 Å². The molecule has 0 fully saturated rings. The first-order valence-electron chi connectivity index (χ1n) is 5.24. The smallest absolute Gasteiger partial charge is 0.127 e. The van der Waals surface area contributed by atoms with Gasteiger partial charge in [0.1, 0.15) is 5.82 Å². The van der Waals surface area contributed by atoms with E-state index in [1.807, 2.05) is 30.3 Å². The lowest BCUT2D eigenvalue weighted by Crippen LogP contribution is -2.06. The van der Waals surface area contributed by atoms with Crippen LogP contribution in [-0.4, -0.2) is 21.0 Å². The molecule has 0 amide bonds. The molecule has 1 atom stereocenters. The molecule has 0 spiro atoms. The van der Waals surface area contributed by atoms with Crippen LogP contribution in [0.4, 0.5) is 5.82 Å². The minimum absolute atomic E-state index is 0.404. The molecule has 4 heteroatoms. The fourth-order valence-electron chi connectivity index (χ4n) is 1.63. The Hall–Kier alpha value is -1.81. The molecule has 0 aliphatic carbocycles. The molecule has 2 rings (SSSR count). The maximum atomic E-state index is 9.29. The number of rotatable bonds is 3. The number of aliphatic hydroxyl groups is 1. The summed E-state index contributed by atoms with van der Waals surface area (Å²) in [4.78, 5) is 0. The van der Waals surface area contributed by atoms with Crippen LogP contribution >= 0.6 is 0 Å². The Kier molecular flexibility index (Phi) is 2.92. The van der Waals surface area contributed by atoms with Gasteiger partial charge in [0.2, 0.25) is 0 Å². The van der Waals surface area contributed by atoms with E-state index < -0.39 is 6.10 Å². The number of anilines is 1. The van der Waals surface area contributed by atoms with E-state index in [-0.39, 0.29) is 0 Å². The lowest BCUT2D eigenvalue weighted by molar-refractivity contribution is 0.194. The van der Waals surface area contributed by atoms with Crippen LogP contribution in [0.25, 0.3) is 5.69 Å². The highest BCUT2D eigenvalue weighted by atomic mass is 16.3. The van der Waals surface area contributed by atoms with Gasteiger partial charge < -0.3 is 10.8 Å². The number of hydrogen-bond acceptors (Lipinski definition) is 3. The molecule has 0 radical (unpaired) electrons. The summed E-state index contributed by atoms with van der Waals surface area (Å²) in [7, 11) is 0. The predicted octanol–water partition coefficient (Wildman–Crippen LogP) is 1.38. The zero-order chi connectivity index (χ0) is 11.5. The van der Waals surface area contributed by atoms with E-state index in [9.17, 15) is 5.11 Å². The van der Waals surface area contributed by atoms with Crippen molar-refractivity contribution in [2.75, 3.05) is 5.73 Å². The van der Waals surface area contributed by atoms with Crippen molar-refractivity contribution in [3.8, 4) is 5.69 Å². The molecule has 1 aromatic carbocycles. The van der Waals surface area contributed by atoms with Gasteiger partial charge in [-0.3, -0.25) is 0 Å². The number of nitrogen functional groups attached to an aromatic ring is 1.